The van der Waals surface area contributed by atoms with Gasteiger partial charge in [-0.3, -0.25) is 4.79 Å². The zero-order valence-corrected chi connectivity index (χ0v) is 14.4. The van der Waals surface area contributed by atoms with Crippen LogP contribution in [0, 0.1) is 11.8 Å². The third-order valence-corrected chi connectivity index (χ3v) is 3.60. The normalized spacial score (nSPS) is 14.0. The van der Waals surface area contributed by atoms with Gasteiger partial charge in [0.2, 0.25) is 5.91 Å². The molecule has 0 fully saturated rings. The van der Waals surface area contributed by atoms with Crippen LogP contribution in [0.4, 0.5) is 5.69 Å². The number of anilines is 1. The number of fused-ring (bicyclic) bond motifs is 1. The number of rotatable bonds is 6. The van der Waals surface area contributed by atoms with E-state index in [1.165, 1.54) is 0 Å². The van der Waals surface area contributed by atoms with Crippen molar-refractivity contribution in [1.82, 2.24) is 4.90 Å². The first kappa shape index (κ1) is 17.3. The van der Waals surface area contributed by atoms with Gasteiger partial charge in [0.1, 0.15) is 6.54 Å². The second-order valence-electron chi connectivity index (χ2n) is 6.88. The maximum atomic E-state index is 12.7. The molecule has 0 N–H and O–H groups in total. The van der Waals surface area contributed by atoms with Crippen LogP contribution in [-0.2, 0) is 9.59 Å². The molecule has 2 rings (SSSR count). The Morgan fingerprint density at radius 2 is 1.78 bits per heavy atom. The molecule has 1 aromatic rings. The second kappa shape index (κ2) is 7.49. The van der Waals surface area contributed by atoms with E-state index in [9.17, 15) is 9.59 Å². The summed E-state index contributed by atoms with van der Waals surface area (Å²) >= 11 is 0. The number of para-hydroxylation sites is 2. The number of benzene rings is 1. The number of carbonyl (C=O) groups excluding carboxylic acids is 2. The van der Waals surface area contributed by atoms with Gasteiger partial charge in [0.15, 0.2) is 5.75 Å². The molecule has 1 amide bonds. The van der Waals surface area contributed by atoms with Gasteiger partial charge in [-0.1, -0.05) is 39.8 Å². The molecule has 23 heavy (non-hydrogen) atoms. The highest BCUT2D eigenvalue weighted by atomic mass is 16.5. The predicted octanol–water partition coefficient (Wildman–Crippen LogP) is 2.55. The minimum absolute atomic E-state index is 0.0527. The lowest BCUT2D eigenvalue weighted by Crippen LogP contribution is -2.46. The average molecular weight is 318 g/mol. The molecule has 1 aliphatic heterocycles. The monoisotopic (exact) mass is 318 g/mol. The number of amides is 1. The summed E-state index contributed by atoms with van der Waals surface area (Å²) in [7, 11) is 0. The molecule has 0 radical (unpaired) electrons. The van der Waals surface area contributed by atoms with Gasteiger partial charge in [-0.05, 0) is 24.0 Å². The van der Waals surface area contributed by atoms with Crippen LogP contribution in [0.5, 0.6) is 5.75 Å². The summed E-state index contributed by atoms with van der Waals surface area (Å²) in [5, 5.41) is 0. The van der Waals surface area contributed by atoms with Gasteiger partial charge >= 0.3 is 5.97 Å². The fourth-order valence-corrected chi connectivity index (χ4v) is 2.76. The van der Waals surface area contributed by atoms with Crippen molar-refractivity contribution in [2.75, 3.05) is 31.1 Å². The molecule has 0 spiro atoms. The number of hydrogen-bond acceptors (Lipinski definition) is 4. The minimum Gasteiger partial charge on any atom is -0.423 e. The fraction of sp³-hybridized carbons (Fsp3) is 0.556. The quantitative estimate of drug-likeness (QED) is 0.597. The molecule has 5 heteroatoms. The summed E-state index contributed by atoms with van der Waals surface area (Å²) in [4.78, 5) is 28.2. The van der Waals surface area contributed by atoms with Crippen molar-refractivity contribution in [2.45, 2.75) is 27.7 Å². The molecule has 0 aromatic heterocycles. The van der Waals surface area contributed by atoms with Gasteiger partial charge in [-0.25, -0.2) is 4.79 Å². The molecule has 1 heterocycles. The molecule has 0 saturated heterocycles. The largest absolute Gasteiger partial charge is 0.423 e. The molecule has 1 aliphatic rings. The molecule has 5 nitrogen and oxygen atoms in total. The van der Waals surface area contributed by atoms with Gasteiger partial charge in [0.05, 0.1) is 12.2 Å². The van der Waals surface area contributed by atoms with E-state index in [0.717, 1.165) is 18.8 Å². The molecule has 126 valence electrons. The van der Waals surface area contributed by atoms with E-state index >= 15 is 0 Å². The lowest BCUT2D eigenvalue weighted by Gasteiger charge is -2.32. The van der Waals surface area contributed by atoms with Crippen LogP contribution in [0.2, 0.25) is 0 Å². The van der Waals surface area contributed by atoms with Crippen LogP contribution >= 0.6 is 0 Å². The summed E-state index contributed by atoms with van der Waals surface area (Å²) in [6, 6.07) is 7.34. The Kier molecular flexibility index (Phi) is 5.64. The molecule has 0 unspecified atom stereocenters. The Morgan fingerprint density at radius 1 is 1.17 bits per heavy atom. The summed E-state index contributed by atoms with van der Waals surface area (Å²) in [5.41, 5.74) is 0.800. The Labute approximate surface area is 138 Å². The van der Waals surface area contributed by atoms with Crippen molar-refractivity contribution in [3.05, 3.63) is 24.3 Å². The van der Waals surface area contributed by atoms with Crippen LogP contribution in [0.1, 0.15) is 27.7 Å². The van der Waals surface area contributed by atoms with E-state index in [2.05, 4.69) is 27.7 Å². The molecule has 0 atom stereocenters. The first-order chi connectivity index (χ1) is 10.9. The van der Waals surface area contributed by atoms with Crippen LogP contribution in [0.25, 0.3) is 0 Å². The summed E-state index contributed by atoms with van der Waals surface area (Å²) in [6.07, 6.45) is 0. The van der Waals surface area contributed by atoms with Crippen molar-refractivity contribution in [3.63, 3.8) is 0 Å². The predicted molar refractivity (Wildman–Crippen MR) is 90.5 cm³/mol. The number of carbonyl (C=O) groups is 2. The SMILES string of the molecule is CC(C)CN(CC(C)C)C(=O)CN1CC(=O)Oc2ccccc21. The van der Waals surface area contributed by atoms with E-state index < -0.39 is 0 Å². The second-order valence-corrected chi connectivity index (χ2v) is 6.88. The maximum absolute atomic E-state index is 12.7. The number of esters is 1. The Hall–Kier alpha value is -2.04. The standard InChI is InChI=1S/C18H26N2O3/c1-13(2)9-20(10-14(3)4)17(21)11-19-12-18(22)23-16-8-6-5-7-15(16)19/h5-8,13-14H,9-12H2,1-4H3. The maximum Gasteiger partial charge on any atom is 0.331 e. The van der Waals surface area contributed by atoms with E-state index in [0.29, 0.717) is 17.6 Å². The zero-order valence-electron chi connectivity index (χ0n) is 14.4. The zero-order chi connectivity index (χ0) is 17.0. The van der Waals surface area contributed by atoms with Gasteiger partial charge in [0.25, 0.3) is 0 Å². The van der Waals surface area contributed by atoms with Crippen molar-refractivity contribution in [3.8, 4) is 5.75 Å². The first-order valence-electron chi connectivity index (χ1n) is 8.19. The van der Waals surface area contributed by atoms with Crippen molar-refractivity contribution >= 4 is 17.6 Å². The third kappa shape index (κ3) is 4.71. The van der Waals surface area contributed by atoms with Crippen LogP contribution in [0.15, 0.2) is 24.3 Å². The van der Waals surface area contributed by atoms with Crippen molar-refractivity contribution in [2.24, 2.45) is 11.8 Å². The Bertz CT molecular complexity index is 559. The molecular formula is C18H26N2O3. The van der Waals surface area contributed by atoms with Gasteiger partial charge < -0.3 is 14.5 Å². The van der Waals surface area contributed by atoms with Crippen LogP contribution in [-0.4, -0.2) is 43.0 Å². The lowest BCUT2D eigenvalue weighted by atomic mass is 10.1. The highest BCUT2D eigenvalue weighted by Gasteiger charge is 2.27. The fourth-order valence-electron chi connectivity index (χ4n) is 2.76. The Morgan fingerprint density at radius 3 is 2.39 bits per heavy atom. The van der Waals surface area contributed by atoms with Gasteiger partial charge in [-0.15, -0.1) is 0 Å². The molecule has 0 saturated carbocycles. The topological polar surface area (TPSA) is 49.9 Å². The van der Waals surface area contributed by atoms with Gasteiger partial charge in [0, 0.05) is 13.1 Å². The first-order valence-corrected chi connectivity index (χ1v) is 8.19. The van der Waals surface area contributed by atoms with E-state index in [1.807, 2.05) is 23.1 Å². The molecule has 1 aromatic carbocycles. The van der Waals surface area contributed by atoms with Crippen LogP contribution in [0.3, 0.4) is 0 Å². The third-order valence-electron chi connectivity index (χ3n) is 3.60. The summed E-state index contributed by atoms with van der Waals surface area (Å²) in [6.45, 7) is 10.2. The highest BCUT2D eigenvalue weighted by molar-refractivity contribution is 5.89. The minimum atomic E-state index is -0.323. The number of ether oxygens (including phenoxy) is 1. The lowest BCUT2D eigenvalue weighted by molar-refractivity contribution is -0.134. The van der Waals surface area contributed by atoms with E-state index in [-0.39, 0.29) is 25.0 Å². The summed E-state index contributed by atoms with van der Waals surface area (Å²) in [5.74, 6) is 1.08. The summed E-state index contributed by atoms with van der Waals surface area (Å²) < 4.78 is 5.23. The number of hydrogen-bond donors (Lipinski definition) is 0. The highest BCUT2D eigenvalue weighted by Crippen LogP contribution is 2.31. The number of nitrogens with zero attached hydrogens (tertiary/aromatic N) is 2. The average Bonchev–Trinajstić information content (AvgIpc) is 2.45. The van der Waals surface area contributed by atoms with E-state index in [4.69, 9.17) is 4.74 Å². The molecule has 0 aliphatic carbocycles. The van der Waals surface area contributed by atoms with Gasteiger partial charge in [-0.2, -0.15) is 0 Å². The molecular weight excluding hydrogens is 292 g/mol. The Balaban J connectivity index is 2.13. The van der Waals surface area contributed by atoms with Crippen LogP contribution < -0.4 is 9.64 Å². The van der Waals surface area contributed by atoms with Crippen molar-refractivity contribution in [1.29, 1.82) is 0 Å². The van der Waals surface area contributed by atoms with Crippen molar-refractivity contribution < 1.29 is 14.3 Å². The molecule has 0 bridgehead atoms. The smallest absolute Gasteiger partial charge is 0.331 e. The van der Waals surface area contributed by atoms with E-state index in [1.54, 1.807) is 11.0 Å².